The molecule has 27 heavy (non-hydrogen) atoms. The summed E-state index contributed by atoms with van der Waals surface area (Å²) >= 11 is 0. The Hall–Kier alpha value is -0.680. The molecule has 6 heteroatoms. The van der Waals surface area contributed by atoms with Crippen molar-refractivity contribution in [3.63, 3.8) is 0 Å². The van der Waals surface area contributed by atoms with Crippen molar-refractivity contribution >= 4 is 11.4 Å². The Balaban J connectivity index is 0. The number of nitrogens with zero attached hydrogens (tertiary/aromatic N) is 1. The third-order valence-corrected chi connectivity index (χ3v) is 4.55. The average molecular weight is 593 g/mol. The molecule has 0 unspecified atom stereocenters. The zero-order chi connectivity index (χ0) is 17.5. The maximum Gasteiger partial charge on any atom is 0.0400 e. The van der Waals surface area contributed by atoms with Gasteiger partial charge in [0.25, 0.3) is 0 Å². The van der Waals surface area contributed by atoms with Crippen LogP contribution in [0, 0.1) is 27.7 Å². The molecule has 2 rings (SSSR count). The molecule has 0 spiro atoms. The largest absolute Gasteiger partial charge is 1.00 e. The summed E-state index contributed by atoms with van der Waals surface area (Å²) < 4.78 is 0. The number of para-hydroxylation sites is 2. The molecule has 0 amide bonds. The van der Waals surface area contributed by atoms with E-state index in [9.17, 15) is 0 Å². The minimum absolute atomic E-state index is 0. The van der Waals surface area contributed by atoms with Gasteiger partial charge in [-0.3, -0.25) is 0 Å². The molecule has 0 bridgehead atoms. The molecule has 0 saturated heterocycles. The number of hydrogen-bond donors (Lipinski definition) is 2. The van der Waals surface area contributed by atoms with E-state index in [1.165, 1.54) is 33.6 Å². The van der Waals surface area contributed by atoms with Gasteiger partial charge in [0.1, 0.15) is 0 Å². The van der Waals surface area contributed by atoms with Gasteiger partial charge in [0.2, 0.25) is 0 Å². The molecule has 0 atom stereocenters. The number of rotatable bonds is 8. The normalized spacial score (nSPS) is 9.70. The average Bonchev–Trinajstić information content (AvgIpc) is 2.53. The van der Waals surface area contributed by atoms with E-state index in [-0.39, 0.29) is 47.2 Å². The predicted octanol–water partition coefficient (Wildman–Crippen LogP) is -1.62. The van der Waals surface area contributed by atoms with Crippen molar-refractivity contribution in [2.24, 2.45) is 0 Å². The molecule has 2 aromatic rings. The summed E-state index contributed by atoms with van der Waals surface area (Å²) in [6, 6.07) is 12.9. The Morgan fingerprint density at radius 3 is 1.26 bits per heavy atom. The van der Waals surface area contributed by atoms with Gasteiger partial charge in [-0.1, -0.05) is 36.4 Å². The minimum atomic E-state index is 0. The molecule has 2 aromatic carbocycles. The van der Waals surface area contributed by atoms with Crippen LogP contribution in [0.25, 0.3) is 0 Å². The fourth-order valence-corrected chi connectivity index (χ4v) is 3.04. The molecule has 157 valence electrons. The van der Waals surface area contributed by atoms with E-state index in [0.29, 0.717) is 0 Å². The van der Waals surface area contributed by atoms with Crippen LogP contribution in [0.4, 0.5) is 11.4 Å². The van der Waals surface area contributed by atoms with E-state index in [4.69, 9.17) is 0 Å². The Morgan fingerprint density at radius 1 is 0.667 bits per heavy atom. The second kappa shape index (κ2) is 14.3. The van der Waals surface area contributed by atoms with Crippen molar-refractivity contribution in [2.75, 3.05) is 43.9 Å². The zero-order valence-electron chi connectivity index (χ0n) is 16.8. The number of nitrogens with one attached hydrogen (secondary N) is 2. The number of anilines is 2. The van der Waals surface area contributed by atoms with Crippen LogP contribution in [0.5, 0.6) is 0 Å². The Labute approximate surface area is 193 Å². The van der Waals surface area contributed by atoms with Crippen LogP contribution in [-0.2, 0) is 22.4 Å². The summed E-state index contributed by atoms with van der Waals surface area (Å²) in [7, 11) is 2.18. The van der Waals surface area contributed by atoms with Gasteiger partial charge < -0.3 is 40.3 Å². The molecule has 2 N–H and O–H groups in total. The third kappa shape index (κ3) is 8.91. The molecular weight excluding hydrogens is 562 g/mol. The van der Waals surface area contributed by atoms with Gasteiger partial charge >= 0.3 is 0 Å². The third-order valence-electron chi connectivity index (χ3n) is 4.55. The summed E-state index contributed by atoms with van der Waals surface area (Å²) in [5, 5.41) is 7.15. The zero-order valence-corrected chi connectivity index (χ0v) is 20.5. The molecule has 0 aliphatic rings. The van der Waals surface area contributed by atoms with Crippen molar-refractivity contribution in [1.29, 1.82) is 0 Å². The quantitative estimate of drug-likeness (QED) is 0.361. The van der Waals surface area contributed by atoms with Crippen LogP contribution < -0.4 is 35.4 Å². The molecule has 0 aromatic heterocycles. The number of hydrogen-bond acceptors (Lipinski definition) is 3. The van der Waals surface area contributed by atoms with Gasteiger partial charge in [0.15, 0.2) is 0 Å². The van der Waals surface area contributed by atoms with Gasteiger partial charge in [-0.05, 0) is 57.0 Å². The molecule has 1 radical (unpaired) electrons. The van der Waals surface area contributed by atoms with E-state index in [2.05, 4.69) is 86.7 Å². The summed E-state index contributed by atoms with van der Waals surface area (Å²) in [4.78, 5) is 2.36. The van der Waals surface area contributed by atoms with E-state index >= 15 is 0 Å². The fraction of sp³-hybridized carbons (Fsp3) is 0.429. The first-order valence-corrected chi connectivity index (χ1v) is 8.77. The van der Waals surface area contributed by atoms with Gasteiger partial charge in [0.05, 0.1) is 0 Å². The van der Waals surface area contributed by atoms with Gasteiger partial charge in [-0.15, -0.1) is 0 Å². The van der Waals surface area contributed by atoms with Crippen molar-refractivity contribution in [3.8, 4) is 0 Å². The smallest absolute Gasteiger partial charge is 0.0400 e. The van der Waals surface area contributed by atoms with Gasteiger partial charge in [-0.2, -0.15) is 0 Å². The van der Waals surface area contributed by atoms with Crippen LogP contribution in [0.1, 0.15) is 22.3 Å². The predicted molar refractivity (Wildman–Crippen MR) is 106 cm³/mol. The molecule has 0 saturated carbocycles. The second-order valence-electron chi connectivity index (χ2n) is 6.69. The fourth-order valence-electron chi connectivity index (χ4n) is 3.04. The first kappa shape index (κ1) is 28.5. The van der Waals surface area contributed by atoms with Crippen molar-refractivity contribution in [3.05, 3.63) is 58.7 Å². The van der Waals surface area contributed by atoms with Gasteiger partial charge in [0, 0.05) is 59.9 Å². The number of aryl methyl sites for hydroxylation is 4. The molecule has 0 fully saturated rings. The van der Waals surface area contributed by atoms with E-state index in [1.807, 2.05) is 0 Å². The molecule has 3 nitrogen and oxygen atoms in total. The number of benzene rings is 2. The van der Waals surface area contributed by atoms with Gasteiger partial charge in [-0.25, -0.2) is 0 Å². The molecule has 0 heterocycles. The summed E-state index contributed by atoms with van der Waals surface area (Å²) in [6.45, 7) is 12.6. The van der Waals surface area contributed by atoms with Crippen molar-refractivity contribution in [1.82, 2.24) is 4.90 Å². The second-order valence-corrected chi connectivity index (χ2v) is 6.69. The Kier molecular flexibility index (Phi) is 15.1. The molecular formula is C21H31AuCl2N3-2. The number of halogens is 2. The topological polar surface area (TPSA) is 27.3 Å². The van der Waals surface area contributed by atoms with Crippen LogP contribution >= 0.6 is 0 Å². The first-order valence-electron chi connectivity index (χ1n) is 8.77. The minimum Gasteiger partial charge on any atom is -1.00 e. The van der Waals surface area contributed by atoms with Crippen LogP contribution in [-0.4, -0.2) is 38.1 Å². The van der Waals surface area contributed by atoms with E-state index < -0.39 is 0 Å². The first-order chi connectivity index (χ1) is 11.5. The summed E-state index contributed by atoms with van der Waals surface area (Å²) in [5.41, 5.74) is 7.81. The van der Waals surface area contributed by atoms with E-state index in [1.54, 1.807) is 0 Å². The van der Waals surface area contributed by atoms with Crippen LogP contribution in [0.2, 0.25) is 0 Å². The SMILES string of the molecule is Cc1cccc(C)c1NCCN(C)CCNc1c(C)cccc1C.[Au].[Cl-].[Cl-]. The van der Waals surface area contributed by atoms with Crippen LogP contribution in [0.3, 0.4) is 0 Å². The van der Waals surface area contributed by atoms with Crippen LogP contribution in [0.15, 0.2) is 36.4 Å². The van der Waals surface area contributed by atoms with Crippen molar-refractivity contribution in [2.45, 2.75) is 27.7 Å². The van der Waals surface area contributed by atoms with E-state index in [0.717, 1.165) is 26.2 Å². The molecule has 0 aliphatic heterocycles. The standard InChI is InChI=1S/C21H31N3.Au.2ClH/c1-16-8-6-9-17(2)20(16)22-12-14-24(5)15-13-23-21-18(3)10-7-11-19(21)4;;;/h6-11,22-23H,12-15H2,1-5H3;;2*1H/p-2. The Bertz CT molecular complexity index is 582. The Morgan fingerprint density at radius 2 is 0.963 bits per heavy atom. The monoisotopic (exact) mass is 592 g/mol. The summed E-state index contributed by atoms with van der Waals surface area (Å²) in [6.07, 6.45) is 0. The van der Waals surface area contributed by atoms with Crippen molar-refractivity contribution < 1.29 is 47.2 Å². The number of likely N-dealkylation sites (N-methyl/N-ethyl adjacent to an activating group) is 1. The maximum atomic E-state index is 3.58. The maximum absolute atomic E-state index is 3.58. The summed E-state index contributed by atoms with van der Waals surface area (Å²) in [5.74, 6) is 0. The molecule has 0 aliphatic carbocycles.